The van der Waals surface area contributed by atoms with E-state index < -0.39 is 0 Å². The number of oxazole rings is 1. The van der Waals surface area contributed by atoms with Crippen LogP contribution in [0.3, 0.4) is 0 Å². The minimum Gasteiger partial charge on any atom is -0.487 e. The molecule has 1 aromatic heterocycles. The molecule has 0 bridgehead atoms. The van der Waals surface area contributed by atoms with Crippen molar-refractivity contribution in [2.75, 3.05) is 0 Å². The number of halogens is 1. The SMILES string of the molecule is Cc1cc(Cl)ccc1OCc1coc(-c2ccccc2)n1. The molecule has 1 heterocycles. The number of aromatic nitrogens is 1. The van der Waals surface area contributed by atoms with Crippen LogP contribution in [0.2, 0.25) is 5.02 Å². The van der Waals surface area contributed by atoms with Crippen LogP contribution < -0.4 is 4.74 Å². The van der Waals surface area contributed by atoms with Gasteiger partial charge >= 0.3 is 0 Å². The van der Waals surface area contributed by atoms with Crippen LogP contribution in [0.1, 0.15) is 11.3 Å². The maximum absolute atomic E-state index is 5.92. The predicted molar refractivity (Wildman–Crippen MR) is 82.5 cm³/mol. The van der Waals surface area contributed by atoms with E-state index in [4.69, 9.17) is 20.8 Å². The van der Waals surface area contributed by atoms with Crippen molar-refractivity contribution >= 4 is 11.6 Å². The third-order valence-electron chi connectivity index (χ3n) is 3.09. The Labute approximate surface area is 128 Å². The molecule has 21 heavy (non-hydrogen) atoms. The number of nitrogens with zero attached hydrogens (tertiary/aromatic N) is 1. The molecule has 0 aliphatic rings. The summed E-state index contributed by atoms with van der Waals surface area (Å²) in [5.74, 6) is 1.39. The molecule has 0 aliphatic heterocycles. The Bertz CT molecular complexity index is 738. The number of ether oxygens (including phenoxy) is 1. The molecule has 0 fully saturated rings. The molecule has 106 valence electrons. The number of benzene rings is 2. The number of hydrogen-bond acceptors (Lipinski definition) is 3. The standard InChI is InChI=1S/C17H14ClNO2/c1-12-9-14(18)7-8-16(12)20-10-15-11-21-17(19-15)13-5-3-2-4-6-13/h2-9,11H,10H2,1H3. The van der Waals surface area contributed by atoms with Gasteiger partial charge in [-0.15, -0.1) is 0 Å². The first-order valence-corrected chi connectivity index (χ1v) is 6.99. The van der Waals surface area contributed by atoms with Crippen molar-refractivity contribution in [2.45, 2.75) is 13.5 Å². The second-order valence-corrected chi connectivity index (χ2v) is 5.14. The van der Waals surface area contributed by atoms with Crippen LogP contribution in [-0.4, -0.2) is 4.98 Å². The third kappa shape index (κ3) is 3.26. The van der Waals surface area contributed by atoms with Crippen LogP contribution in [0.25, 0.3) is 11.5 Å². The molecule has 0 N–H and O–H groups in total. The zero-order chi connectivity index (χ0) is 14.7. The van der Waals surface area contributed by atoms with Gasteiger partial charge in [-0.25, -0.2) is 4.98 Å². The highest BCUT2D eigenvalue weighted by molar-refractivity contribution is 6.30. The maximum Gasteiger partial charge on any atom is 0.226 e. The number of hydrogen-bond donors (Lipinski definition) is 0. The van der Waals surface area contributed by atoms with E-state index in [0.717, 1.165) is 22.6 Å². The molecule has 0 saturated heterocycles. The molecule has 0 spiro atoms. The summed E-state index contributed by atoms with van der Waals surface area (Å²) >= 11 is 5.92. The maximum atomic E-state index is 5.92. The fraction of sp³-hybridized carbons (Fsp3) is 0.118. The van der Waals surface area contributed by atoms with Gasteiger partial charge in [0.2, 0.25) is 5.89 Å². The van der Waals surface area contributed by atoms with Crippen LogP contribution in [-0.2, 0) is 6.61 Å². The lowest BCUT2D eigenvalue weighted by atomic mass is 10.2. The lowest BCUT2D eigenvalue weighted by Gasteiger charge is -2.07. The Hall–Kier alpha value is -2.26. The Morgan fingerprint density at radius 3 is 2.71 bits per heavy atom. The first-order valence-electron chi connectivity index (χ1n) is 6.61. The lowest BCUT2D eigenvalue weighted by molar-refractivity contribution is 0.299. The fourth-order valence-electron chi connectivity index (χ4n) is 2.01. The molecule has 3 aromatic rings. The van der Waals surface area contributed by atoms with E-state index in [0.29, 0.717) is 17.5 Å². The van der Waals surface area contributed by atoms with E-state index in [1.165, 1.54) is 0 Å². The van der Waals surface area contributed by atoms with E-state index in [2.05, 4.69) is 4.98 Å². The van der Waals surface area contributed by atoms with Gasteiger partial charge in [-0.05, 0) is 42.8 Å². The quantitative estimate of drug-likeness (QED) is 0.688. The summed E-state index contributed by atoms with van der Waals surface area (Å²) in [4.78, 5) is 4.43. The van der Waals surface area contributed by atoms with Gasteiger partial charge in [0, 0.05) is 10.6 Å². The average molecular weight is 300 g/mol. The van der Waals surface area contributed by atoms with E-state index >= 15 is 0 Å². The highest BCUT2D eigenvalue weighted by Crippen LogP contribution is 2.23. The van der Waals surface area contributed by atoms with Gasteiger partial charge in [-0.3, -0.25) is 0 Å². The van der Waals surface area contributed by atoms with E-state index in [1.807, 2.05) is 55.5 Å². The van der Waals surface area contributed by atoms with Crippen LogP contribution in [0.15, 0.2) is 59.2 Å². The monoisotopic (exact) mass is 299 g/mol. The largest absolute Gasteiger partial charge is 0.487 e. The predicted octanol–water partition coefficient (Wildman–Crippen LogP) is 4.88. The first kappa shape index (κ1) is 13.7. The zero-order valence-electron chi connectivity index (χ0n) is 11.5. The van der Waals surface area contributed by atoms with Crippen molar-refractivity contribution in [1.29, 1.82) is 0 Å². The molecule has 0 saturated carbocycles. The summed E-state index contributed by atoms with van der Waals surface area (Å²) in [6, 6.07) is 15.3. The molecule has 0 amide bonds. The minimum absolute atomic E-state index is 0.360. The minimum atomic E-state index is 0.360. The van der Waals surface area contributed by atoms with Gasteiger partial charge in [-0.1, -0.05) is 29.8 Å². The highest BCUT2D eigenvalue weighted by Gasteiger charge is 2.07. The van der Waals surface area contributed by atoms with Crippen LogP contribution in [0, 0.1) is 6.92 Å². The van der Waals surface area contributed by atoms with E-state index in [9.17, 15) is 0 Å². The van der Waals surface area contributed by atoms with E-state index in [1.54, 1.807) is 6.26 Å². The molecular weight excluding hydrogens is 286 g/mol. The van der Waals surface area contributed by atoms with Gasteiger partial charge in [-0.2, -0.15) is 0 Å². The topological polar surface area (TPSA) is 35.3 Å². The van der Waals surface area contributed by atoms with E-state index in [-0.39, 0.29) is 0 Å². The average Bonchev–Trinajstić information content (AvgIpc) is 2.96. The molecule has 3 nitrogen and oxygen atoms in total. The second-order valence-electron chi connectivity index (χ2n) is 4.71. The fourth-order valence-corrected chi connectivity index (χ4v) is 2.24. The summed E-state index contributed by atoms with van der Waals surface area (Å²) < 4.78 is 11.2. The smallest absolute Gasteiger partial charge is 0.226 e. The summed E-state index contributed by atoms with van der Waals surface area (Å²) in [7, 11) is 0. The molecule has 2 aromatic carbocycles. The van der Waals surface area contributed by atoms with Crippen LogP contribution in [0.5, 0.6) is 5.75 Å². The summed E-state index contributed by atoms with van der Waals surface area (Å²) in [6.45, 7) is 2.32. The number of aryl methyl sites for hydroxylation is 1. The van der Waals surface area contributed by atoms with Gasteiger partial charge < -0.3 is 9.15 Å². The summed E-state index contributed by atoms with van der Waals surface area (Å²) in [5, 5.41) is 0.702. The Kier molecular flexibility index (Phi) is 3.93. The molecule has 0 atom stereocenters. The molecular formula is C17H14ClNO2. The van der Waals surface area contributed by atoms with Crippen molar-refractivity contribution in [3.8, 4) is 17.2 Å². The summed E-state index contributed by atoms with van der Waals surface area (Å²) in [5.41, 5.74) is 2.70. The van der Waals surface area contributed by atoms with Crippen molar-refractivity contribution in [2.24, 2.45) is 0 Å². The zero-order valence-corrected chi connectivity index (χ0v) is 12.3. The normalized spacial score (nSPS) is 10.6. The van der Waals surface area contributed by atoms with Crippen LogP contribution in [0.4, 0.5) is 0 Å². The van der Waals surface area contributed by atoms with Crippen molar-refractivity contribution < 1.29 is 9.15 Å². The molecule has 0 aliphatic carbocycles. The van der Waals surface area contributed by atoms with Crippen molar-refractivity contribution in [3.05, 3.63) is 71.1 Å². The highest BCUT2D eigenvalue weighted by atomic mass is 35.5. The van der Waals surface area contributed by atoms with Crippen LogP contribution >= 0.6 is 11.6 Å². The summed E-state index contributed by atoms with van der Waals surface area (Å²) in [6.07, 6.45) is 1.62. The van der Waals surface area contributed by atoms with Crippen molar-refractivity contribution in [1.82, 2.24) is 4.98 Å². The first-order chi connectivity index (χ1) is 10.2. The van der Waals surface area contributed by atoms with Gasteiger partial charge in [0.05, 0.1) is 0 Å². The Morgan fingerprint density at radius 2 is 1.95 bits per heavy atom. The van der Waals surface area contributed by atoms with Gasteiger partial charge in [0.15, 0.2) is 0 Å². The third-order valence-corrected chi connectivity index (χ3v) is 3.32. The molecule has 4 heteroatoms. The molecule has 3 rings (SSSR count). The van der Waals surface area contributed by atoms with Gasteiger partial charge in [0.1, 0.15) is 24.3 Å². The lowest BCUT2D eigenvalue weighted by Crippen LogP contribution is -1.97. The molecule has 0 radical (unpaired) electrons. The Morgan fingerprint density at radius 1 is 1.14 bits per heavy atom. The van der Waals surface area contributed by atoms with Gasteiger partial charge in [0.25, 0.3) is 0 Å². The second kappa shape index (κ2) is 6.02. The molecule has 0 unspecified atom stereocenters. The Balaban J connectivity index is 1.70. The number of rotatable bonds is 4. The van der Waals surface area contributed by atoms with Crippen molar-refractivity contribution in [3.63, 3.8) is 0 Å².